The van der Waals surface area contributed by atoms with Crippen molar-refractivity contribution in [2.45, 2.75) is 13.0 Å². The van der Waals surface area contributed by atoms with Crippen LogP contribution in [0.25, 0.3) is 0 Å². The molecule has 0 aliphatic rings. The van der Waals surface area contributed by atoms with Crippen molar-refractivity contribution in [3.05, 3.63) is 75.3 Å². The summed E-state index contributed by atoms with van der Waals surface area (Å²) >= 11 is 0. The Morgan fingerprint density at radius 3 is 2.59 bits per heavy atom. The lowest BCUT2D eigenvalue weighted by molar-refractivity contribution is -0.384. The molecular formula is C15H12F2N2O3. The maximum atomic E-state index is 13.6. The fourth-order valence-corrected chi connectivity index (χ4v) is 1.97. The molecule has 7 heteroatoms. The molecule has 0 spiro atoms. The molecule has 0 bridgehead atoms. The van der Waals surface area contributed by atoms with Crippen molar-refractivity contribution in [2.24, 2.45) is 0 Å². The summed E-state index contributed by atoms with van der Waals surface area (Å²) < 4.78 is 26.5. The summed E-state index contributed by atoms with van der Waals surface area (Å²) in [6, 6.07) is 7.53. The molecule has 2 rings (SSSR count). The number of hydrogen-bond acceptors (Lipinski definition) is 3. The Kier molecular flexibility index (Phi) is 4.45. The van der Waals surface area contributed by atoms with Crippen LogP contribution >= 0.6 is 0 Å². The number of nitrogens with one attached hydrogen (secondary N) is 1. The van der Waals surface area contributed by atoms with Gasteiger partial charge in [0.1, 0.15) is 11.6 Å². The minimum atomic E-state index is -0.771. The van der Waals surface area contributed by atoms with E-state index in [4.69, 9.17) is 0 Å². The lowest BCUT2D eigenvalue weighted by Gasteiger charge is -2.15. The van der Waals surface area contributed by atoms with Gasteiger partial charge in [-0.25, -0.2) is 8.78 Å². The summed E-state index contributed by atoms with van der Waals surface area (Å²) in [4.78, 5) is 22.1. The van der Waals surface area contributed by atoms with Crippen LogP contribution in [-0.4, -0.2) is 10.8 Å². The van der Waals surface area contributed by atoms with Crippen LogP contribution in [-0.2, 0) is 0 Å². The van der Waals surface area contributed by atoms with Crippen molar-refractivity contribution in [3.63, 3.8) is 0 Å². The van der Waals surface area contributed by atoms with E-state index < -0.39 is 28.5 Å². The standard InChI is InChI=1S/C15H12F2N2O3/c1-9(13-6-5-11(16)8-14(13)17)18-15(20)10-3-2-4-12(7-10)19(21)22/h2-9H,1H3,(H,18,20). The van der Waals surface area contributed by atoms with Gasteiger partial charge in [0, 0.05) is 29.3 Å². The van der Waals surface area contributed by atoms with Crippen LogP contribution in [0.4, 0.5) is 14.5 Å². The Morgan fingerprint density at radius 2 is 1.95 bits per heavy atom. The van der Waals surface area contributed by atoms with E-state index in [1.165, 1.54) is 31.2 Å². The third-order valence-electron chi connectivity index (χ3n) is 3.10. The molecule has 2 aromatic carbocycles. The lowest BCUT2D eigenvalue weighted by Crippen LogP contribution is -2.27. The highest BCUT2D eigenvalue weighted by Gasteiger charge is 2.17. The van der Waals surface area contributed by atoms with Crippen molar-refractivity contribution < 1.29 is 18.5 Å². The summed E-state index contributed by atoms with van der Waals surface area (Å²) in [6.07, 6.45) is 0. The van der Waals surface area contributed by atoms with Gasteiger partial charge in [-0.3, -0.25) is 14.9 Å². The number of nitro benzene ring substituents is 1. The molecule has 114 valence electrons. The first-order valence-electron chi connectivity index (χ1n) is 6.38. The Labute approximate surface area is 124 Å². The average molecular weight is 306 g/mol. The van der Waals surface area contributed by atoms with E-state index in [1.54, 1.807) is 0 Å². The van der Waals surface area contributed by atoms with Crippen LogP contribution in [0.3, 0.4) is 0 Å². The van der Waals surface area contributed by atoms with E-state index in [9.17, 15) is 23.7 Å². The summed E-state index contributed by atoms with van der Waals surface area (Å²) in [5.74, 6) is -2.06. The fraction of sp³-hybridized carbons (Fsp3) is 0.133. The molecule has 0 saturated heterocycles. The van der Waals surface area contributed by atoms with Crippen molar-refractivity contribution in [2.75, 3.05) is 0 Å². The van der Waals surface area contributed by atoms with Crippen LogP contribution in [0.2, 0.25) is 0 Å². The third kappa shape index (κ3) is 3.43. The van der Waals surface area contributed by atoms with Gasteiger partial charge in [0.15, 0.2) is 0 Å². The second-order valence-corrected chi connectivity index (χ2v) is 4.67. The maximum absolute atomic E-state index is 13.6. The first-order chi connectivity index (χ1) is 10.4. The maximum Gasteiger partial charge on any atom is 0.270 e. The second kappa shape index (κ2) is 6.30. The number of benzene rings is 2. The predicted octanol–water partition coefficient (Wildman–Crippen LogP) is 3.36. The van der Waals surface area contributed by atoms with Gasteiger partial charge in [-0.2, -0.15) is 0 Å². The number of rotatable bonds is 4. The topological polar surface area (TPSA) is 72.2 Å². The summed E-state index contributed by atoms with van der Waals surface area (Å²) in [5.41, 5.74) is -0.00276. The van der Waals surface area contributed by atoms with Crippen molar-refractivity contribution in [1.82, 2.24) is 5.32 Å². The highest BCUT2D eigenvalue weighted by Crippen LogP contribution is 2.19. The van der Waals surface area contributed by atoms with E-state index >= 15 is 0 Å². The summed E-state index contributed by atoms with van der Waals surface area (Å²) in [6.45, 7) is 1.53. The number of hydrogen-bond donors (Lipinski definition) is 1. The molecule has 22 heavy (non-hydrogen) atoms. The molecule has 0 aliphatic carbocycles. The van der Waals surface area contributed by atoms with Crippen molar-refractivity contribution >= 4 is 11.6 Å². The Bertz CT molecular complexity index is 734. The number of carbonyl (C=O) groups excluding carboxylic acids is 1. The summed E-state index contributed by atoms with van der Waals surface area (Å²) in [7, 11) is 0. The predicted molar refractivity (Wildman–Crippen MR) is 75.3 cm³/mol. The highest BCUT2D eigenvalue weighted by atomic mass is 19.1. The smallest absolute Gasteiger partial charge is 0.270 e. The summed E-state index contributed by atoms with van der Waals surface area (Å²) in [5, 5.41) is 13.2. The normalized spacial score (nSPS) is 11.8. The molecule has 1 atom stereocenters. The molecule has 0 heterocycles. The van der Waals surface area contributed by atoms with Gasteiger partial charge in [-0.15, -0.1) is 0 Å². The fourth-order valence-electron chi connectivity index (χ4n) is 1.97. The minimum absolute atomic E-state index is 0.0866. The molecule has 0 aliphatic heterocycles. The zero-order chi connectivity index (χ0) is 16.3. The molecule has 1 amide bonds. The molecular weight excluding hydrogens is 294 g/mol. The van der Waals surface area contributed by atoms with Gasteiger partial charge in [0.05, 0.1) is 11.0 Å². The van der Waals surface area contributed by atoms with E-state index in [0.717, 1.165) is 18.2 Å². The van der Waals surface area contributed by atoms with E-state index in [0.29, 0.717) is 0 Å². The van der Waals surface area contributed by atoms with E-state index in [-0.39, 0.29) is 16.8 Å². The molecule has 0 aromatic heterocycles. The SMILES string of the molecule is CC(NC(=O)c1cccc([N+](=O)[O-])c1)c1ccc(F)cc1F. The Balaban J connectivity index is 2.17. The Hall–Kier alpha value is -2.83. The van der Waals surface area contributed by atoms with Crippen LogP contribution < -0.4 is 5.32 Å². The number of carbonyl (C=O) groups is 1. The monoisotopic (exact) mass is 306 g/mol. The molecule has 5 nitrogen and oxygen atoms in total. The molecule has 1 N–H and O–H groups in total. The van der Waals surface area contributed by atoms with Gasteiger partial charge in [0.25, 0.3) is 11.6 Å². The minimum Gasteiger partial charge on any atom is -0.345 e. The van der Waals surface area contributed by atoms with Crippen LogP contribution in [0.5, 0.6) is 0 Å². The number of nitrogens with zero attached hydrogens (tertiary/aromatic N) is 1. The zero-order valence-corrected chi connectivity index (χ0v) is 11.5. The first kappa shape index (κ1) is 15.6. The first-order valence-corrected chi connectivity index (χ1v) is 6.38. The van der Waals surface area contributed by atoms with E-state index in [1.807, 2.05) is 0 Å². The number of halogens is 2. The molecule has 1 unspecified atom stereocenters. The average Bonchev–Trinajstić information content (AvgIpc) is 2.47. The van der Waals surface area contributed by atoms with Crippen molar-refractivity contribution in [3.8, 4) is 0 Å². The van der Waals surface area contributed by atoms with E-state index in [2.05, 4.69) is 5.32 Å². The quantitative estimate of drug-likeness (QED) is 0.695. The van der Waals surface area contributed by atoms with Crippen LogP contribution in [0.15, 0.2) is 42.5 Å². The number of non-ortho nitro benzene ring substituents is 1. The van der Waals surface area contributed by atoms with Crippen LogP contribution in [0, 0.1) is 21.7 Å². The molecule has 2 aromatic rings. The third-order valence-corrected chi connectivity index (χ3v) is 3.10. The lowest BCUT2D eigenvalue weighted by atomic mass is 10.1. The van der Waals surface area contributed by atoms with Gasteiger partial charge < -0.3 is 5.32 Å². The highest BCUT2D eigenvalue weighted by molar-refractivity contribution is 5.95. The molecule has 0 saturated carbocycles. The van der Waals surface area contributed by atoms with Crippen molar-refractivity contribution in [1.29, 1.82) is 0 Å². The van der Waals surface area contributed by atoms with Gasteiger partial charge >= 0.3 is 0 Å². The molecule has 0 radical (unpaired) electrons. The van der Waals surface area contributed by atoms with Gasteiger partial charge in [-0.1, -0.05) is 12.1 Å². The largest absolute Gasteiger partial charge is 0.345 e. The number of nitro groups is 1. The van der Waals surface area contributed by atoms with Gasteiger partial charge in [-0.05, 0) is 19.1 Å². The zero-order valence-electron chi connectivity index (χ0n) is 11.5. The second-order valence-electron chi connectivity index (χ2n) is 4.67. The van der Waals surface area contributed by atoms with Gasteiger partial charge in [0.2, 0.25) is 0 Å². The van der Waals surface area contributed by atoms with Crippen LogP contribution in [0.1, 0.15) is 28.9 Å². The molecule has 0 fully saturated rings. The Morgan fingerprint density at radius 1 is 1.23 bits per heavy atom. The number of amides is 1.